The van der Waals surface area contributed by atoms with Crippen molar-refractivity contribution in [3.05, 3.63) is 29.8 Å². The van der Waals surface area contributed by atoms with Gasteiger partial charge in [0.2, 0.25) is 10.0 Å². The Kier molecular flexibility index (Phi) is 6.72. The summed E-state index contributed by atoms with van der Waals surface area (Å²) in [7, 11) is -3.51. The van der Waals surface area contributed by atoms with Gasteiger partial charge in [0.15, 0.2) is 6.61 Å². The van der Waals surface area contributed by atoms with Gasteiger partial charge in [-0.3, -0.25) is 4.79 Å². The molecule has 1 saturated heterocycles. The molecule has 7 nitrogen and oxygen atoms in total. The predicted octanol–water partition coefficient (Wildman–Crippen LogP) is 2.32. The quantitative estimate of drug-likeness (QED) is 0.729. The molecule has 1 saturated carbocycles. The van der Waals surface area contributed by atoms with Crippen molar-refractivity contribution in [1.29, 1.82) is 0 Å². The lowest BCUT2D eigenvalue weighted by molar-refractivity contribution is -0.125. The molecule has 0 radical (unpaired) electrons. The zero-order valence-corrected chi connectivity index (χ0v) is 17.0. The summed E-state index contributed by atoms with van der Waals surface area (Å²) in [6.45, 7) is 2.84. The first-order chi connectivity index (χ1) is 13.4. The Morgan fingerprint density at radius 3 is 2.36 bits per heavy atom. The lowest BCUT2D eigenvalue weighted by Gasteiger charge is -2.29. The summed E-state index contributed by atoms with van der Waals surface area (Å²) in [5.74, 6) is -0.518. The van der Waals surface area contributed by atoms with Crippen molar-refractivity contribution in [2.45, 2.75) is 56.4 Å². The van der Waals surface area contributed by atoms with Crippen LogP contribution < -0.4 is 5.32 Å². The van der Waals surface area contributed by atoms with Crippen LogP contribution in [0.15, 0.2) is 29.2 Å². The number of hydrogen-bond donors (Lipinski definition) is 1. The minimum atomic E-state index is -3.51. The molecule has 2 aliphatic rings. The van der Waals surface area contributed by atoms with E-state index in [4.69, 9.17) is 4.74 Å². The van der Waals surface area contributed by atoms with Crippen molar-refractivity contribution >= 4 is 21.9 Å². The minimum absolute atomic E-state index is 0.134. The first-order valence-electron chi connectivity index (χ1n) is 9.94. The Balaban J connectivity index is 1.52. The third kappa shape index (κ3) is 4.91. The van der Waals surface area contributed by atoms with Gasteiger partial charge in [0.05, 0.1) is 10.5 Å². The maximum absolute atomic E-state index is 12.5. The molecule has 2 fully saturated rings. The number of esters is 1. The van der Waals surface area contributed by atoms with E-state index in [9.17, 15) is 18.0 Å². The van der Waals surface area contributed by atoms with E-state index in [1.165, 1.54) is 35.0 Å². The number of sulfonamides is 1. The summed E-state index contributed by atoms with van der Waals surface area (Å²) in [6.07, 6.45) is 6.07. The summed E-state index contributed by atoms with van der Waals surface area (Å²) in [6, 6.07) is 5.80. The van der Waals surface area contributed by atoms with Gasteiger partial charge in [-0.25, -0.2) is 13.2 Å². The highest BCUT2D eigenvalue weighted by molar-refractivity contribution is 7.89. The van der Waals surface area contributed by atoms with Crippen LogP contribution >= 0.6 is 0 Å². The van der Waals surface area contributed by atoms with Crippen LogP contribution in [0.2, 0.25) is 0 Å². The van der Waals surface area contributed by atoms with E-state index in [1.54, 1.807) is 0 Å². The van der Waals surface area contributed by atoms with Crippen molar-refractivity contribution in [3.8, 4) is 0 Å². The number of amides is 1. The monoisotopic (exact) mass is 408 g/mol. The third-order valence-corrected chi connectivity index (χ3v) is 7.50. The molecule has 1 N–H and O–H groups in total. The van der Waals surface area contributed by atoms with Crippen LogP contribution in [-0.4, -0.2) is 50.3 Å². The van der Waals surface area contributed by atoms with Gasteiger partial charge in [-0.15, -0.1) is 0 Å². The van der Waals surface area contributed by atoms with E-state index in [0.717, 1.165) is 32.1 Å². The number of ether oxygens (including phenoxy) is 1. The number of carbonyl (C=O) groups excluding carboxylic acids is 2. The molecule has 1 aliphatic heterocycles. The molecular weight excluding hydrogens is 380 g/mol. The Bertz CT molecular complexity index is 800. The zero-order chi connectivity index (χ0) is 20.1. The molecule has 0 unspecified atom stereocenters. The fourth-order valence-corrected chi connectivity index (χ4v) is 5.35. The Morgan fingerprint density at radius 2 is 1.71 bits per heavy atom. The third-order valence-electron chi connectivity index (χ3n) is 5.59. The summed E-state index contributed by atoms with van der Waals surface area (Å²) >= 11 is 0. The SMILES string of the molecule is C[C@H]1CCCC[C@H]1NC(=O)COC(=O)c1ccc(S(=O)(=O)N2CCCC2)cc1. The molecule has 8 heteroatoms. The Labute approximate surface area is 166 Å². The van der Waals surface area contributed by atoms with Gasteiger partial charge in [-0.1, -0.05) is 19.8 Å². The number of carbonyl (C=O) groups is 2. The summed E-state index contributed by atoms with van der Waals surface area (Å²) in [5, 5.41) is 2.93. The first kappa shape index (κ1) is 20.8. The summed E-state index contributed by atoms with van der Waals surface area (Å²) < 4.78 is 31.5. The molecule has 1 aromatic rings. The molecule has 1 heterocycles. The molecule has 3 rings (SSSR count). The van der Waals surface area contributed by atoms with E-state index in [1.807, 2.05) is 0 Å². The van der Waals surface area contributed by atoms with Crippen molar-refractivity contribution < 1.29 is 22.7 Å². The highest BCUT2D eigenvalue weighted by Gasteiger charge is 2.27. The van der Waals surface area contributed by atoms with E-state index in [-0.39, 0.29) is 29.0 Å². The number of hydrogen-bond acceptors (Lipinski definition) is 5. The lowest BCUT2D eigenvalue weighted by atomic mass is 9.86. The maximum Gasteiger partial charge on any atom is 0.338 e. The largest absolute Gasteiger partial charge is 0.452 e. The van der Waals surface area contributed by atoms with Gasteiger partial charge in [-0.05, 0) is 55.9 Å². The maximum atomic E-state index is 12.5. The van der Waals surface area contributed by atoms with Crippen LogP contribution in [0.4, 0.5) is 0 Å². The van der Waals surface area contributed by atoms with Crippen molar-refractivity contribution in [1.82, 2.24) is 9.62 Å². The molecule has 1 amide bonds. The van der Waals surface area contributed by atoms with Gasteiger partial charge in [0, 0.05) is 19.1 Å². The first-order valence-corrected chi connectivity index (χ1v) is 11.4. The molecule has 2 atom stereocenters. The van der Waals surface area contributed by atoms with E-state index >= 15 is 0 Å². The van der Waals surface area contributed by atoms with Crippen molar-refractivity contribution in [2.75, 3.05) is 19.7 Å². The van der Waals surface area contributed by atoms with Crippen LogP contribution in [0.5, 0.6) is 0 Å². The molecule has 0 spiro atoms. The number of nitrogens with zero attached hydrogens (tertiary/aromatic N) is 1. The van der Waals surface area contributed by atoms with Gasteiger partial charge in [-0.2, -0.15) is 4.31 Å². The number of nitrogens with one attached hydrogen (secondary N) is 1. The van der Waals surface area contributed by atoms with E-state index in [0.29, 0.717) is 19.0 Å². The molecule has 1 aliphatic carbocycles. The highest BCUT2D eigenvalue weighted by Crippen LogP contribution is 2.24. The summed E-state index contributed by atoms with van der Waals surface area (Å²) in [5.41, 5.74) is 0.221. The molecule has 28 heavy (non-hydrogen) atoms. The van der Waals surface area contributed by atoms with Crippen LogP contribution in [0, 0.1) is 5.92 Å². The van der Waals surface area contributed by atoms with E-state index in [2.05, 4.69) is 12.2 Å². The smallest absolute Gasteiger partial charge is 0.338 e. The second-order valence-electron chi connectivity index (χ2n) is 7.65. The fraction of sp³-hybridized carbons (Fsp3) is 0.600. The fourth-order valence-electron chi connectivity index (χ4n) is 3.83. The second kappa shape index (κ2) is 9.05. The molecule has 154 valence electrons. The Hall–Kier alpha value is -1.93. The van der Waals surface area contributed by atoms with Gasteiger partial charge >= 0.3 is 5.97 Å². The van der Waals surface area contributed by atoms with E-state index < -0.39 is 16.0 Å². The highest BCUT2D eigenvalue weighted by atomic mass is 32.2. The van der Waals surface area contributed by atoms with Crippen molar-refractivity contribution in [3.63, 3.8) is 0 Å². The average Bonchev–Trinajstić information content (AvgIpc) is 3.24. The second-order valence-corrected chi connectivity index (χ2v) is 9.59. The minimum Gasteiger partial charge on any atom is -0.452 e. The van der Waals surface area contributed by atoms with Gasteiger partial charge in [0.25, 0.3) is 5.91 Å². The van der Waals surface area contributed by atoms with Crippen molar-refractivity contribution in [2.24, 2.45) is 5.92 Å². The van der Waals surface area contributed by atoms with Crippen LogP contribution in [0.25, 0.3) is 0 Å². The molecule has 0 bridgehead atoms. The standard InChI is InChI=1S/C20H28N2O5S/c1-15-6-2-3-7-18(15)21-19(23)14-27-20(24)16-8-10-17(11-9-16)28(25,26)22-12-4-5-13-22/h8-11,15,18H,2-7,12-14H2,1H3,(H,21,23)/t15-,18+/m0/s1. The average molecular weight is 409 g/mol. The number of rotatable bonds is 6. The van der Waals surface area contributed by atoms with Crippen LogP contribution in [0.3, 0.4) is 0 Å². The lowest BCUT2D eigenvalue weighted by Crippen LogP contribution is -2.42. The van der Waals surface area contributed by atoms with Gasteiger partial charge < -0.3 is 10.1 Å². The molecule has 0 aromatic heterocycles. The predicted molar refractivity (Wildman–Crippen MR) is 104 cm³/mol. The van der Waals surface area contributed by atoms with Crippen LogP contribution in [-0.2, 0) is 19.6 Å². The normalized spacial score (nSPS) is 23.3. The van der Waals surface area contributed by atoms with Crippen LogP contribution in [0.1, 0.15) is 55.8 Å². The van der Waals surface area contributed by atoms with Gasteiger partial charge in [0.1, 0.15) is 0 Å². The molecule has 1 aromatic carbocycles. The molecular formula is C20H28N2O5S. The topological polar surface area (TPSA) is 92.8 Å². The zero-order valence-electron chi connectivity index (χ0n) is 16.2. The Morgan fingerprint density at radius 1 is 1.07 bits per heavy atom. The number of benzene rings is 1. The summed E-state index contributed by atoms with van der Waals surface area (Å²) in [4.78, 5) is 24.4.